The molecule has 9 heteroatoms. The lowest BCUT2D eigenvalue weighted by Crippen LogP contribution is -2.42. The Balaban J connectivity index is 2.96. The maximum absolute atomic E-state index is 12.2. The van der Waals surface area contributed by atoms with Gasteiger partial charge in [-0.3, -0.25) is 19.2 Å². The Morgan fingerprint density at radius 1 is 0.914 bits per heavy atom. The Morgan fingerprint density at radius 2 is 1.46 bits per heavy atom. The lowest BCUT2D eigenvalue weighted by molar-refractivity contribution is -0.150. The molecular weight excluding hydrogens is 454 g/mol. The van der Waals surface area contributed by atoms with Crippen molar-refractivity contribution in [1.29, 1.82) is 0 Å². The number of carboxylic acids is 1. The Morgan fingerprint density at radius 3 is 1.94 bits per heavy atom. The number of benzene rings is 1. The molecule has 0 bridgehead atoms. The average molecular weight is 494 g/mol. The van der Waals surface area contributed by atoms with Crippen LogP contribution in [-0.4, -0.2) is 47.7 Å². The molecule has 0 saturated heterocycles. The number of hydrogen-bond donors (Lipinski definition) is 2. The second-order valence-corrected chi connectivity index (χ2v) is 10.5. The molecule has 0 fully saturated rings. The smallest absolute Gasteiger partial charge is 0.321 e. The molecule has 35 heavy (non-hydrogen) atoms. The zero-order valence-electron chi connectivity index (χ0n) is 22.0. The lowest BCUT2D eigenvalue weighted by Gasteiger charge is -2.21. The number of nitrogens with one attached hydrogen (secondary N) is 1. The first-order chi connectivity index (χ1) is 16.1. The molecule has 0 amide bonds. The van der Waals surface area contributed by atoms with Gasteiger partial charge in [0.2, 0.25) is 0 Å². The van der Waals surface area contributed by atoms with Crippen LogP contribution in [0.5, 0.6) is 11.5 Å². The van der Waals surface area contributed by atoms with Crippen molar-refractivity contribution < 1.29 is 38.5 Å². The van der Waals surface area contributed by atoms with Crippen LogP contribution in [0.25, 0.3) is 0 Å². The van der Waals surface area contributed by atoms with Gasteiger partial charge in [0, 0.05) is 6.54 Å². The summed E-state index contributed by atoms with van der Waals surface area (Å²) in [5, 5.41) is 12.6. The third-order valence-corrected chi connectivity index (χ3v) is 4.77. The third kappa shape index (κ3) is 11.4. The maximum atomic E-state index is 12.2. The van der Waals surface area contributed by atoms with Gasteiger partial charge in [0.25, 0.3) is 0 Å². The quantitative estimate of drug-likeness (QED) is 0.330. The van der Waals surface area contributed by atoms with E-state index < -0.39 is 36.0 Å². The summed E-state index contributed by atoms with van der Waals surface area (Å²) in [5.41, 5.74) is 0.346. The van der Waals surface area contributed by atoms with Crippen molar-refractivity contribution in [2.45, 2.75) is 80.4 Å². The van der Waals surface area contributed by atoms with Crippen LogP contribution in [0.2, 0.25) is 0 Å². The van der Waals surface area contributed by atoms with Crippen molar-refractivity contribution in [3.8, 4) is 11.5 Å². The van der Waals surface area contributed by atoms with E-state index in [1.807, 2.05) is 20.8 Å². The number of esters is 3. The highest BCUT2D eigenvalue weighted by Crippen LogP contribution is 2.30. The second kappa shape index (κ2) is 13.2. The summed E-state index contributed by atoms with van der Waals surface area (Å²) in [5.74, 6) is -3.10. The van der Waals surface area contributed by atoms with Gasteiger partial charge >= 0.3 is 23.9 Å². The zero-order valence-corrected chi connectivity index (χ0v) is 22.0. The van der Waals surface area contributed by atoms with E-state index in [2.05, 4.69) is 5.32 Å². The Bertz CT molecular complexity index is 901. The molecule has 0 aromatic heterocycles. The van der Waals surface area contributed by atoms with E-state index in [0.29, 0.717) is 5.56 Å². The van der Waals surface area contributed by atoms with Gasteiger partial charge in [-0.25, -0.2) is 0 Å². The topological polar surface area (TPSA) is 128 Å². The highest BCUT2D eigenvalue weighted by atomic mass is 16.6. The van der Waals surface area contributed by atoms with Crippen LogP contribution in [0.15, 0.2) is 18.2 Å². The monoisotopic (exact) mass is 493 g/mol. The minimum Gasteiger partial charge on any atom is -0.480 e. The van der Waals surface area contributed by atoms with E-state index >= 15 is 0 Å². The average Bonchev–Trinajstić information content (AvgIpc) is 2.70. The van der Waals surface area contributed by atoms with E-state index in [0.717, 1.165) is 0 Å². The predicted octanol–water partition coefficient (Wildman–Crippen LogP) is 3.76. The van der Waals surface area contributed by atoms with Gasteiger partial charge in [-0.15, -0.1) is 0 Å². The van der Waals surface area contributed by atoms with Crippen LogP contribution in [0.4, 0.5) is 0 Å². The van der Waals surface area contributed by atoms with Gasteiger partial charge in [-0.1, -0.05) is 54.5 Å². The molecule has 1 rings (SSSR count). The molecule has 1 unspecified atom stereocenters. The first-order valence-electron chi connectivity index (χ1n) is 11.8. The summed E-state index contributed by atoms with van der Waals surface area (Å²) in [6.45, 7) is 14.3. The Hall–Kier alpha value is -2.94. The highest BCUT2D eigenvalue weighted by Gasteiger charge is 2.23. The number of hydrogen-bond acceptors (Lipinski definition) is 8. The van der Waals surface area contributed by atoms with Gasteiger partial charge in [-0.2, -0.15) is 0 Å². The molecule has 0 aliphatic carbocycles. The molecule has 0 radical (unpaired) electrons. The third-order valence-electron chi connectivity index (χ3n) is 4.77. The highest BCUT2D eigenvalue weighted by molar-refractivity contribution is 5.78. The van der Waals surface area contributed by atoms with E-state index in [9.17, 15) is 24.3 Å². The molecule has 0 saturated carbocycles. The van der Waals surface area contributed by atoms with Gasteiger partial charge in [0.15, 0.2) is 11.5 Å². The fraction of sp³-hybridized carbons (Fsp3) is 0.615. The predicted molar refractivity (Wildman–Crippen MR) is 130 cm³/mol. The summed E-state index contributed by atoms with van der Waals surface area (Å²) in [4.78, 5) is 48.1. The number of aliphatic carboxylic acids is 1. The van der Waals surface area contributed by atoms with Crippen LogP contribution >= 0.6 is 0 Å². The van der Waals surface area contributed by atoms with E-state index in [4.69, 9.17) is 14.2 Å². The Labute approximate surface area is 207 Å². The molecule has 196 valence electrons. The summed E-state index contributed by atoms with van der Waals surface area (Å²) in [7, 11) is 0. The number of ether oxygens (including phenoxy) is 3. The molecule has 0 heterocycles. The largest absolute Gasteiger partial charge is 0.480 e. The van der Waals surface area contributed by atoms with Crippen molar-refractivity contribution in [3.05, 3.63) is 23.8 Å². The molecule has 9 nitrogen and oxygen atoms in total. The molecule has 1 aromatic rings. The molecule has 0 aliphatic heterocycles. The molecule has 2 N–H and O–H groups in total. The summed E-state index contributed by atoms with van der Waals surface area (Å²) in [6, 6.07) is 3.60. The van der Waals surface area contributed by atoms with Gasteiger partial charge in [0.05, 0.1) is 18.3 Å². The number of carbonyl (C=O) groups excluding carboxylic acids is 3. The van der Waals surface area contributed by atoms with E-state index in [1.165, 1.54) is 12.1 Å². The Kier molecular flexibility index (Phi) is 11.4. The fourth-order valence-corrected chi connectivity index (χ4v) is 2.83. The van der Waals surface area contributed by atoms with Crippen molar-refractivity contribution in [1.82, 2.24) is 5.32 Å². The van der Waals surface area contributed by atoms with E-state index in [1.54, 1.807) is 40.7 Å². The fourth-order valence-electron chi connectivity index (χ4n) is 2.83. The normalized spacial score (nSPS) is 13.3. The van der Waals surface area contributed by atoms with Crippen LogP contribution in [0.1, 0.15) is 67.4 Å². The van der Waals surface area contributed by atoms with Crippen LogP contribution in [0, 0.1) is 17.3 Å². The van der Waals surface area contributed by atoms with Crippen LogP contribution in [0.3, 0.4) is 0 Å². The molecule has 1 aromatic carbocycles. The number of carboxylic acid groups (broad SMARTS) is 1. The molecule has 0 aliphatic rings. The van der Waals surface area contributed by atoms with Gasteiger partial charge in [-0.05, 0) is 36.5 Å². The van der Waals surface area contributed by atoms with Crippen LogP contribution < -0.4 is 14.8 Å². The van der Waals surface area contributed by atoms with Crippen molar-refractivity contribution in [3.63, 3.8) is 0 Å². The zero-order chi connectivity index (χ0) is 26.9. The molecular formula is C26H39NO8. The van der Waals surface area contributed by atoms with Gasteiger partial charge < -0.3 is 24.6 Å². The van der Waals surface area contributed by atoms with Crippen molar-refractivity contribution >= 4 is 23.9 Å². The first kappa shape index (κ1) is 30.1. The summed E-state index contributed by atoms with van der Waals surface area (Å²) < 4.78 is 16.1. The van der Waals surface area contributed by atoms with E-state index in [-0.39, 0.29) is 48.2 Å². The SMILES string of the molecule is CC(CN[C@@H](Cc1ccc(OC(=O)C(C)C)c(OC(=O)C(C)C)c1)C(=O)O)OC(=O)CC(C)(C)C. The second-order valence-electron chi connectivity index (χ2n) is 10.5. The number of carbonyl (C=O) groups is 4. The van der Waals surface area contributed by atoms with Crippen molar-refractivity contribution in [2.24, 2.45) is 17.3 Å². The first-order valence-corrected chi connectivity index (χ1v) is 11.8. The minimum absolute atomic E-state index is 0.0452. The molecule has 2 atom stereocenters. The van der Waals surface area contributed by atoms with Crippen LogP contribution in [-0.2, 0) is 30.3 Å². The maximum Gasteiger partial charge on any atom is 0.321 e. The van der Waals surface area contributed by atoms with Gasteiger partial charge in [0.1, 0.15) is 12.1 Å². The minimum atomic E-state index is -1.09. The summed E-state index contributed by atoms with van der Waals surface area (Å²) in [6.07, 6.45) is -0.208. The number of rotatable bonds is 12. The van der Waals surface area contributed by atoms with Crippen molar-refractivity contribution in [2.75, 3.05) is 6.54 Å². The lowest BCUT2D eigenvalue weighted by atomic mass is 9.92. The molecule has 0 spiro atoms. The standard InChI is InChI=1S/C26H39NO8/c1-15(2)24(31)34-20-10-9-18(12-21(20)35-25(32)16(3)4)11-19(23(29)30)27-14-17(5)33-22(28)13-26(6,7)8/h9-10,12,15-17,19,27H,11,13-14H2,1-8H3,(H,29,30)/t17?,19-/m0/s1. The summed E-state index contributed by atoms with van der Waals surface area (Å²) >= 11 is 0.